The zero-order valence-corrected chi connectivity index (χ0v) is 7.35. The molecule has 2 unspecified atom stereocenters. The molecule has 0 spiro atoms. The molecule has 0 aromatic rings. The lowest BCUT2D eigenvalue weighted by molar-refractivity contribution is 0.0655. The van der Waals surface area contributed by atoms with Crippen molar-refractivity contribution in [2.45, 2.75) is 31.0 Å². The van der Waals surface area contributed by atoms with Gasteiger partial charge in [0.15, 0.2) is 5.72 Å². The quantitative estimate of drug-likeness (QED) is 0.484. The highest BCUT2D eigenvalue weighted by atomic mass is 16.3. The molecule has 3 N–H and O–H groups in total. The van der Waals surface area contributed by atoms with Crippen LogP contribution in [-0.4, -0.2) is 23.1 Å². The lowest BCUT2D eigenvalue weighted by Crippen LogP contribution is -2.49. The SMILES string of the molecule is N#CCCCC1N=CC=CC1(N)O. The molecule has 0 saturated carbocycles. The minimum absolute atomic E-state index is 0.314. The minimum Gasteiger partial charge on any atom is -0.370 e. The molecule has 2 atom stereocenters. The van der Waals surface area contributed by atoms with E-state index in [1.54, 1.807) is 12.3 Å². The maximum Gasteiger partial charge on any atom is 0.155 e. The van der Waals surface area contributed by atoms with Crippen molar-refractivity contribution < 1.29 is 5.11 Å². The van der Waals surface area contributed by atoms with Crippen LogP contribution in [0.2, 0.25) is 0 Å². The van der Waals surface area contributed by atoms with Crippen LogP contribution in [0.4, 0.5) is 0 Å². The molecule has 4 heteroatoms. The monoisotopic (exact) mass is 179 g/mol. The van der Waals surface area contributed by atoms with E-state index >= 15 is 0 Å². The van der Waals surface area contributed by atoms with Crippen LogP contribution in [-0.2, 0) is 0 Å². The highest BCUT2D eigenvalue weighted by Crippen LogP contribution is 2.18. The number of rotatable bonds is 3. The lowest BCUT2D eigenvalue weighted by atomic mass is 9.97. The third-order valence-electron chi connectivity index (χ3n) is 2.02. The summed E-state index contributed by atoms with van der Waals surface area (Å²) in [5, 5.41) is 18.0. The van der Waals surface area contributed by atoms with Crippen molar-refractivity contribution in [3.63, 3.8) is 0 Å². The van der Waals surface area contributed by atoms with Gasteiger partial charge in [-0.25, -0.2) is 0 Å². The standard InChI is InChI=1S/C9H13N3O/c10-6-2-1-4-8-9(11,13)5-3-7-12-8/h3,5,7-8,13H,1-2,4,11H2. The van der Waals surface area contributed by atoms with E-state index in [2.05, 4.69) is 4.99 Å². The summed E-state index contributed by atoms with van der Waals surface area (Å²) in [6.45, 7) is 0. The first kappa shape index (κ1) is 9.90. The summed E-state index contributed by atoms with van der Waals surface area (Å²) in [6, 6.07) is 1.73. The normalized spacial score (nSPS) is 31.6. The smallest absolute Gasteiger partial charge is 0.155 e. The van der Waals surface area contributed by atoms with Crippen LogP contribution in [0.15, 0.2) is 17.1 Å². The highest BCUT2D eigenvalue weighted by molar-refractivity contribution is 5.73. The molecule has 1 rings (SSSR count). The minimum atomic E-state index is -1.34. The van der Waals surface area contributed by atoms with Crippen molar-refractivity contribution in [1.82, 2.24) is 0 Å². The fraction of sp³-hybridized carbons (Fsp3) is 0.556. The van der Waals surface area contributed by atoms with Gasteiger partial charge in [-0.3, -0.25) is 10.7 Å². The van der Waals surface area contributed by atoms with Crippen molar-refractivity contribution in [3.05, 3.63) is 12.2 Å². The Morgan fingerprint density at radius 3 is 3.08 bits per heavy atom. The van der Waals surface area contributed by atoms with Crippen LogP contribution in [0.5, 0.6) is 0 Å². The Balaban J connectivity index is 2.46. The summed E-state index contributed by atoms with van der Waals surface area (Å²) >= 11 is 0. The number of aliphatic hydroxyl groups is 1. The first-order chi connectivity index (χ1) is 6.17. The molecular weight excluding hydrogens is 166 g/mol. The molecule has 0 saturated heterocycles. The number of aliphatic imine (C=N–C) groups is 1. The van der Waals surface area contributed by atoms with E-state index in [9.17, 15) is 5.11 Å². The average molecular weight is 179 g/mol. The molecule has 1 heterocycles. The second kappa shape index (κ2) is 4.17. The van der Waals surface area contributed by atoms with Crippen LogP contribution in [0.25, 0.3) is 0 Å². The van der Waals surface area contributed by atoms with Gasteiger partial charge in [0.25, 0.3) is 0 Å². The Kier molecular flexibility index (Phi) is 3.18. The van der Waals surface area contributed by atoms with Gasteiger partial charge in [-0.2, -0.15) is 5.26 Å². The Morgan fingerprint density at radius 2 is 2.46 bits per heavy atom. The van der Waals surface area contributed by atoms with Crippen molar-refractivity contribution in [2.75, 3.05) is 0 Å². The third kappa shape index (κ3) is 2.65. The summed E-state index contributed by atoms with van der Waals surface area (Å²) in [5.41, 5.74) is 4.23. The molecule has 1 aliphatic rings. The van der Waals surface area contributed by atoms with E-state index in [1.165, 1.54) is 6.08 Å². The Labute approximate surface area is 77.4 Å². The molecular formula is C9H13N3O. The predicted molar refractivity (Wildman–Crippen MR) is 50.0 cm³/mol. The predicted octanol–water partition coefficient (Wildman–Crippen LogP) is 0.337. The maximum atomic E-state index is 9.63. The van der Waals surface area contributed by atoms with Gasteiger partial charge in [0.05, 0.1) is 12.1 Å². The molecule has 1 aliphatic heterocycles. The number of unbranched alkanes of at least 4 members (excludes halogenated alkanes) is 1. The molecule has 0 fully saturated rings. The van der Waals surface area contributed by atoms with Gasteiger partial charge in [0.2, 0.25) is 0 Å². The summed E-state index contributed by atoms with van der Waals surface area (Å²) in [6.07, 6.45) is 6.61. The van der Waals surface area contributed by atoms with Gasteiger partial charge in [-0.1, -0.05) is 0 Å². The van der Waals surface area contributed by atoms with Crippen LogP contribution >= 0.6 is 0 Å². The molecule has 13 heavy (non-hydrogen) atoms. The summed E-state index contributed by atoms with van der Waals surface area (Å²) in [7, 11) is 0. The lowest BCUT2D eigenvalue weighted by Gasteiger charge is -2.28. The Bertz CT molecular complexity index is 263. The molecule has 0 radical (unpaired) electrons. The molecule has 0 amide bonds. The van der Waals surface area contributed by atoms with E-state index in [0.29, 0.717) is 19.3 Å². The van der Waals surface area contributed by atoms with Gasteiger partial charge in [-0.05, 0) is 25.0 Å². The fourth-order valence-electron chi connectivity index (χ4n) is 1.26. The van der Waals surface area contributed by atoms with E-state index in [-0.39, 0.29) is 6.04 Å². The average Bonchev–Trinajstić information content (AvgIpc) is 2.08. The van der Waals surface area contributed by atoms with Crippen LogP contribution < -0.4 is 5.73 Å². The number of dihydropyridines is 1. The second-order valence-corrected chi connectivity index (χ2v) is 3.11. The highest BCUT2D eigenvalue weighted by Gasteiger charge is 2.29. The van der Waals surface area contributed by atoms with E-state index in [1.807, 2.05) is 6.07 Å². The number of hydrogen-bond donors (Lipinski definition) is 2. The van der Waals surface area contributed by atoms with Crippen molar-refractivity contribution in [2.24, 2.45) is 10.7 Å². The van der Waals surface area contributed by atoms with Crippen molar-refractivity contribution in [3.8, 4) is 6.07 Å². The molecule has 0 aliphatic carbocycles. The zero-order chi connectivity index (χ0) is 9.73. The number of hydrogen-bond acceptors (Lipinski definition) is 4. The van der Waals surface area contributed by atoms with Crippen LogP contribution in [0.3, 0.4) is 0 Å². The van der Waals surface area contributed by atoms with Crippen molar-refractivity contribution >= 4 is 6.21 Å². The topological polar surface area (TPSA) is 82.4 Å². The number of nitrogens with two attached hydrogens (primary N) is 1. The second-order valence-electron chi connectivity index (χ2n) is 3.11. The van der Waals surface area contributed by atoms with Crippen LogP contribution in [0, 0.1) is 11.3 Å². The summed E-state index contributed by atoms with van der Waals surface area (Å²) in [4.78, 5) is 4.06. The summed E-state index contributed by atoms with van der Waals surface area (Å²) < 4.78 is 0. The van der Waals surface area contributed by atoms with Crippen molar-refractivity contribution in [1.29, 1.82) is 5.26 Å². The van der Waals surface area contributed by atoms with Gasteiger partial charge >= 0.3 is 0 Å². The largest absolute Gasteiger partial charge is 0.370 e. The Hall–Kier alpha value is -1.18. The molecule has 0 bridgehead atoms. The van der Waals surface area contributed by atoms with E-state index < -0.39 is 5.72 Å². The van der Waals surface area contributed by atoms with Crippen LogP contribution in [0.1, 0.15) is 19.3 Å². The molecule has 4 nitrogen and oxygen atoms in total. The fourth-order valence-corrected chi connectivity index (χ4v) is 1.26. The van der Waals surface area contributed by atoms with Gasteiger partial charge in [0, 0.05) is 12.6 Å². The van der Waals surface area contributed by atoms with Gasteiger partial charge in [0.1, 0.15) is 0 Å². The molecule has 0 aromatic carbocycles. The van der Waals surface area contributed by atoms with Gasteiger partial charge in [-0.15, -0.1) is 0 Å². The third-order valence-corrected chi connectivity index (χ3v) is 2.02. The molecule has 70 valence electrons. The summed E-state index contributed by atoms with van der Waals surface area (Å²) in [5.74, 6) is 0. The van der Waals surface area contributed by atoms with Gasteiger partial charge < -0.3 is 5.11 Å². The Morgan fingerprint density at radius 1 is 1.69 bits per heavy atom. The molecule has 0 aromatic heterocycles. The number of nitrogens with zero attached hydrogens (tertiary/aromatic N) is 2. The number of nitriles is 1. The first-order valence-corrected chi connectivity index (χ1v) is 4.26. The van der Waals surface area contributed by atoms with E-state index in [4.69, 9.17) is 11.0 Å². The first-order valence-electron chi connectivity index (χ1n) is 4.26. The maximum absolute atomic E-state index is 9.63. The number of allylic oxidation sites excluding steroid dienone is 1. The zero-order valence-electron chi connectivity index (χ0n) is 7.35. The van der Waals surface area contributed by atoms with E-state index in [0.717, 1.165) is 0 Å².